The van der Waals surface area contributed by atoms with Gasteiger partial charge in [0.25, 0.3) is 0 Å². The zero-order valence-electron chi connectivity index (χ0n) is 8.93. The van der Waals surface area contributed by atoms with Crippen molar-refractivity contribution in [3.8, 4) is 12.3 Å². The van der Waals surface area contributed by atoms with Crippen molar-refractivity contribution in [2.75, 3.05) is 5.32 Å². The predicted octanol–water partition coefficient (Wildman–Crippen LogP) is 3.47. The lowest BCUT2D eigenvalue weighted by Gasteiger charge is -2.14. The van der Waals surface area contributed by atoms with Crippen molar-refractivity contribution in [1.29, 1.82) is 0 Å². The molecule has 0 aliphatic carbocycles. The van der Waals surface area contributed by atoms with Crippen molar-refractivity contribution in [2.24, 2.45) is 0 Å². The third-order valence-electron chi connectivity index (χ3n) is 2.38. The van der Waals surface area contributed by atoms with Crippen LogP contribution in [0.1, 0.15) is 11.6 Å². The molecule has 78 valence electrons. The lowest BCUT2D eigenvalue weighted by molar-refractivity contribution is 1.02. The quantitative estimate of drug-likeness (QED) is 0.760. The van der Waals surface area contributed by atoms with E-state index in [0.717, 1.165) is 11.3 Å². The fourth-order valence-corrected chi connectivity index (χ4v) is 1.57. The first kappa shape index (κ1) is 10.3. The lowest BCUT2D eigenvalue weighted by atomic mass is 10.1. The van der Waals surface area contributed by atoms with Gasteiger partial charge in [-0.1, -0.05) is 54.5 Å². The van der Waals surface area contributed by atoms with Gasteiger partial charge < -0.3 is 5.32 Å². The van der Waals surface area contributed by atoms with Crippen molar-refractivity contribution in [3.05, 3.63) is 66.2 Å². The van der Waals surface area contributed by atoms with Crippen molar-refractivity contribution >= 4 is 5.69 Å². The Balaban J connectivity index is 2.17. The molecule has 0 bridgehead atoms. The molecule has 0 radical (unpaired) electrons. The molecule has 0 unspecified atom stereocenters. The number of benzene rings is 2. The molecule has 0 aromatic heterocycles. The summed E-state index contributed by atoms with van der Waals surface area (Å²) < 4.78 is 0. The molecule has 0 heterocycles. The van der Waals surface area contributed by atoms with Crippen LogP contribution in [0, 0.1) is 12.3 Å². The van der Waals surface area contributed by atoms with E-state index in [4.69, 9.17) is 6.42 Å². The first-order valence-corrected chi connectivity index (χ1v) is 5.23. The average molecular weight is 207 g/mol. The highest BCUT2D eigenvalue weighted by Crippen LogP contribution is 2.18. The number of nitrogens with one attached hydrogen (secondary N) is 1. The SMILES string of the molecule is C#C[C@H](Nc1ccccc1)c1ccccc1. The van der Waals surface area contributed by atoms with Gasteiger partial charge in [-0.05, 0) is 17.7 Å². The number of anilines is 1. The van der Waals surface area contributed by atoms with Crippen LogP contribution in [-0.2, 0) is 0 Å². The van der Waals surface area contributed by atoms with Gasteiger partial charge >= 0.3 is 0 Å². The lowest BCUT2D eigenvalue weighted by Crippen LogP contribution is -2.07. The fraction of sp³-hybridized carbons (Fsp3) is 0.0667. The average Bonchev–Trinajstić information content (AvgIpc) is 2.38. The maximum atomic E-state index is 5.54. The molecule has 1 N–H and O–H groups in total. The van der Waals surface area contributed by atoms with E-state index in [1.807, 2.05) is 60.7 Å². The van der Waals surface area contributed by atoms with Gasteiger partial charge in [-0.25, -0.2) is 0 Å². The van der Waals surface area contributed by atoms with Crippen molar-refractivity contribution < 1.29 is 0 Å². The highest BCUT2D eigenvalue weighted by Gasteiger charge is 2.06. The Hall–Kier alpha value is -2.20. The van der Waals surface area contributed by atoms with Crippen LogP contribution < -0.4 is 5.32 Å². The van der Waals surface area contributed by atoms with Crippen molar-refractivity contribution in [3.63, 3.8) is 0 Å². The van der Waals surface area contributed by atoms with E-state index in [1.165, 1.54) is 0 Å². The minimum atomic E-state index is -0.0800. The number of terminal acetylenes is 1. The van der Waals surface area contributed by atoms with Gasteiger partial charge in [0, 0.05) is 5.69 Å². The molecule has 2 aromatic carbocycles. The van der Waals surface area contributed by atoms with Gasteiger partial charge in [-0.3, -0.25) is 0 Å². The summed E-state index contributed by atoms with van der Waals surface area (Å²) in [5.41, 5.74) is 2.14. The third-order valence-corrected chi connectivity index (χ3v) is 2.38. The van der Waals surface area contributed by atoms with Crippen LogP contribution in [0.25, 0.3) is 0 Å². The molecular weight excluding hydrogens is 194 g/mol. The van der Waals surface area contributed by atoms with Crippen LogP contribution in [-0.4, -0.2) is 0 Å². The highest BCUT2D eigenvalue weighted by molar-refractivity contribution is 5.47. The van der Waals surface area contributed by atoms with E-state index in [2.05, 4.69) is 11.2 Å². The Morgan fingerprint density at radius 3 is 2.00 bits per heavy atom. The smallest absolute Gasteiger partial charge is 0.113 e. The Morgan fingerprint density at radius 2 is 1.44 bits per heavy atom. The van der Waals surface area contributed by atoms with E-state index >= 15 is 0 Å². The number of hydrogen-bond acceptors (Lipinski definition) is 1. The number of hydrogen-bond donors (Lipinski definition) is 1. The van der Waals surface area contributed by atoms with Gasteiger partial charge in [0.1, 0.15) is 6.04 Å². The third kappa shape index (κ3) is 2.43. The maximum Gasteiger partial charge on any atom is 0.113 e. The Morgan fingerprint density at radius 1 is 0.875 bits per heavy atom. The van der Waals surface area contributed by atoms with Crippen LogP contribution in [0.3, 0.4) is 0 Å². The van der Waals surface area contributed by atoms with Crippen molar-refractivity contribution in [2.45, 2.75) is 6.04 Å². The van der Waals surface area contributed by atoms with Crippen LogP contribution in [0.5, 0.6) is 0 Å². The summed E-state index contributed by atoms with van der Waals surface area (Å²) in [7, 11) is 0. The van der Waals surface area contributed by atoms with E-state index in [1.54, 1.807) is 0 Å². The minimum absolute atomic E-state index is 0.0800. The molecule has 2 aromatic rings. The maximum absolute atomic E-state index is 5.54. The first-order chi connectivity index (χ1) is 7.90. The Kier molecular flexibility index (Phi) is 3.25. The molecule has 0 fully saturated rings. The molecule has 0 aliphatic rings. The predicted molar refractivity (Wildman–Crippen MR) is 68.1 cm³/mol. The van der Waals surface area contributed by atoms with E-state index in [-0.39, 0.29) is 6.04 Å². The second kappa shape index (κ2) is 5.04. The van der Waals surface area contributed by atoms with Crippen LogP contribution in [0.4, 0.5) is 5.69 Å². The zero-order chi connectivity index (χ0) is 11.2. The molecular formula is C15H13N. The monoisotopic (exact) mass is 207 g/mol. The molecule has 0 saturated carbocycles. The highest BCUT2D eigenvalue weighted by atomic mass is 14.9. The minimum Gasteiger partial charge on any atom is -0.368 e. The summed E-state index contributed by atoms with van der Waals surface area (Å²) in [6.07, 6.45) is 5.54. The second-order valence-electron chi connectivity index (χ2n) is 3.52. The first-order valence-electron chi connectivity index (χ1n) is 5.23. The van der Waals surface area contributed by atoms with Crippen LogP contribution in [0.2, 0.25) is 0 Å². The number of para-hydroxylation sites is 1. The van der Waals surface area contributed by atoms with E-state index < -0.39 is 0 Å². The molecule has 0 amide bonds. The fourth-order valence-electron chi connectivity index (χ4n) is 1.57. The van der Waals surface area contributed by atoms with Crippen molar-refractivity contribution in [1.82, 2.24) is 0 Å². The molecule has 16 heavy (non-hydrogen) atoms. The summed E-state index contributed by atoms with van der Waals surface area (Å²) in [5.74, 6) is 2.76. The van der Waals surface area contributed by atoms with E-state index in [0.29, 0.717) is 0 Å². The summed E-state index contributed by atoms with van der Waals surface area (Å²) in [6.45, 7) is 0. The molecule has 2 rings (SSSR count). The van der Waals surface area contributed by atoms with Crippen LogP contribution >= 0.6 is 0 Å². The topological polar surface area (TPSA) is 12.0 Å². The van der Waals surface area contributed by atoms with Gasteiger partial charge in [0.05, 0.1) is 0 Å². The Labute approximate surface area is 96.1 Å². The van der Waals surface area contributed by atoms with Gasteiger partial charge in [-0.15, -0.1) is 6.42 Å². The zero-order valence-corrected chi connectivity index (χ0v) is 8.93. The molecule has 0 aliphatic heterocycles. The molecule has 1 nitrogen and oxygen atoms in total. The summed E-state index contributed by atoms with van der Waals surface area (Å²) in [6, 6.07) is 19.9. The summed E-state index contributed by atoms with van der Waals surface area (Å²) >= 11 is 0. The van der Waals surface area contributed by atoms with Crippen LogP contribution in [0.15, 0.2) is 60.7 Å². The largest absolute Gasteiger partial charge is 0.368 e. The Bertz CT molecular complexity index is 468. The summed E-state index contributed by atoms with van der Waals surface area (Å²) in [5, 5.41) is 3.31. The molecule has 1 heteroatoms. The number of rotatable bonds is 3. The van der Waals surface area contributed by atoms with E-state index in [9.17, 15) is 0 Å². The normalized spacial score (nSPS) is 11.4. The molecule has 1 atom stereocenters. The van der Waals surface area contributed by atoms with Gasteiger partial charge in [0.2, 0.25) is 0 Å². The summed E-state index contributed by atoms with van der Waals surface area (Å²) in [4.78, 5) is 0. The van der Waals surface area contributed by atoms with Gasteiger partial charge in [0.15, 0.2) is 0 Å². The molecule has 0 spiro atoms. The second-order valence-corrected chi connectivity index (χ2v) is 3.52. The molecule has 0 saturated heterocycles. The van der Waals surface area contributed by atoms with Gasteiger partial charge in [-0.2, -0.15) is 0 Å². The standard InChI is InChI=1S/C15H13N/c1-2-15(13-9-5-3-6-10-13)16-14-11-7-4-8-12-14/h1,3-12,15-16H/t15-/m0/s1.